The van der Waals surface area contributed by atoms with Crippen molar-refractivity contribution in [1.82, 2.24) is 5.32 Å². The van der Waals surface area contributed by atoms with Gasteiger partial charge in [0.05, 0.1) is 32.0 Å². The van der Waals surface area contributed by atoms with Crippen molar-refractivity contribution in [1.29, 1.82) is 0 Å². The first-order valence-electron chi connectivity index (χ1n) is 15.1. The SMILES string of the molecule is CC[C@H](C)[C@@H](CNc1ccc(Cl)cc1)NC(=O)[C@@H](C[C@H](O)C(N)COCc1ccc(C)c(OCCCOC)c1)C(C)C. The van der Waals surface area contributed by atoms with Crippen LogP contribution in [0.1, 0.15) is 58.1 Å². The lowest BCUT2D eigenvalue weighted by Gasteiger charge is -2.30. The third-order valence-electron chi connectivity index (χ3n) is 7.74. The fourth-order valence-corrected chi connectivity index (χ4v) is 4.71. The molecule has 2 aromatic rings. The summed E-state index contributed by atoms with van der Waals surface area (Å²) in [6.45, 7) is 12.6. The van der Waals surface area contributed by atoms with Gasteiger partial charge in [0, 0.05) is 49.4 Å². The molecule has 5 atom stereocenters. The zero-order valence-corrected chi connectivity index (χ0v) is 27.0. The number of amides is 1. The second kappa shape index (κ2) is 19.0. The number of carbonyl (C=O) groups excluding carboxylic acids is 1. The Balaban J connectivity index is 1.89. The molecule has 0 aromatic heterocycles. The number of nitrogens with two attached hydrogens (primary N) is 1. The van der Waals surface area contributed by atoms with Gasteiger partial charge < -0.3 is 35.7 Å². The highest BCUT2D eigenvalue weighted by molar-refractivity contribution is 6.30. The van der Waals surface area contributed by atoms with Crippen LogP contribution in [0.25, 0.3) is 0 Å². The second-order valence-electron chi connectivity index (χ2n) is 11.5. The van der Waals surface area contributed by atoms with Crippen molar-refractivity contribution in [3.63, 3.8) is 0 Å². The molecule has 2 rings (SSSR count). The number of nitrogens with one attached hydrogen (secondary N) is 2. The molecule has 1 amide bonds. The molecule has 0 saturated carbocycles. The van der Waals surface area contributed by atoms with Crippen molar-refractivity contribution in [3.8, 4) is 5.75 Å². The van der Waals surface area contributed by atoms with Gasteiger partial charge in [-0.25, -0.2) is 0 Å². The molecule has 9 heteroatoms. The molecular weight excluding hydrogens is 554 g/mol. The zero-order chi connectivity index (χ0) is 31.1. The third-order valence-corrected chi connectivity index (χ3v) is 7.99. The Bertz CT molecular complexity index is 1050. The molecule has 0 bridgehead atoms. The molecule has 0 saturated heterocycles. The number of aliphatic hydroxyl groups is 1. The van der Waals surface area contributed by atoms with E-state index in [-0.39, 0.29) is 42.7 Å². The van der Waals surface area contributed by atoms with E-state index in [1.165, 1.54) is 0 Å². The van der Waals surface area contributed by atoms with Crippen molar-refractivity contribution in [2.24, 2.45) is 23.5 Å². The number of halogens is 1. The highest BCUT2D eigenvalue weighted by atomic mass is 35.5. The summed E-state index contributed by atoms with van der Waals surface area (Å²) in [4.78, 5) is 13.4. The minimum Gasteiger partial charge on any atom is -0.493 e. The molecule has 236 valence electrons. The molecule has 0 aliphatic carbocycles. The second-order valence-corrected chi connectivity index (χ2v) is 12.0. The number of methoxy groups -OCH3 is 1. The normalized spacial score (nSPS) is 15.1. The van der Waals surface area contributed by atoms with E-state index >= 15 is 0 Å². The third kappa shape index (κ3) is 12.5. The topological polar surface area (TPSA) is 115 Å². The van der Waals surface area contributed by atoms with E-state index in [4.69, 9.17) is 31.5 Å². The number of hydrogen-bond acceptors (Lipinski definition) is 7. The lowest BCUT2D eigenvalue weighted by Crippen LogP contribution is -2.49. The van der Waals surface area contributed by atoms with E-state index < -0.39 is 12.1 Å². The van der Waals surface area contributed by atoms with E-state index in [2.05, 4.69) is 24.5 Å². The van der Waals surface area contributed by atoms with Gasteiger partial charge in [0.15, 0.2) is 0 Å². The summed E-state index contributed by atoms with van der Waals surface area (Å²) in [6.07, 6.45) is 1.12. The van der Waals surface area contributed by atoms with Gasteiger partial charge in [0.1, 0.15) is 5.75 Å². The average Bonchev–Trinajstić information content (AvgIpc) is 2.97. The minimum atomic E-state index is -0.880. The summed E-state index contributed by atoms with van der Waals surface area (Å²) in [6, 6.07) is 12.8. The van der Waals surface area contributed by atoms with Crippen LogP contribution in [0.3, 0.4) is 0 Å². The molecule has 0 fully saturated rings. The molecule has 0 aliphatic rings. The van der Waals surface area contributed by atoms with E-state index in [0.29, 0.717) is 31.4 Å². The summed E-state index contributed by atoms with van der Waals surface area (Å²) in [5.74, 6) is 0.659. The number of ether oxygens (including phenoxy) is 3. The molecule has 5 N–H and O–H groups in total. The van der Waals surface area contributed by atoms with E-state index in [1.54, 1.807) is 7.11 Å². The number of benzene rings is 2. The highest BCUT2D eigenvalue weighted by Gasteiger charge is 2.30. The van der Waals surface area contributed by atoms with Gasteiger partial charge in [-0.2, -0.15) is 0 Å². The van der Waals surface area contributed by atoms with Crippen molar-refractivity contribution >= 4 is 23.2 Å². The Labute approximate surface area is 257 Å². The lowest BCUT2D eigenvalue weighted by molar-refractivity contribution is -0.128. The van der Waals surface area contributed by atoms with Crippen LogP contribution in [0.15, 0.2) is 42.5 Å². The van der Waals surface area contributed by atoms with Gasteiger partial charge in [-0.15, -0.1) is 0 Å². The molecule has 1 unspecified atom stereocenters. The Hall–Kier alpha value is -2.36. The average molecular weight is 606 g/mol. The van der Waals surface area contributed by atoms with Crippen molar-refractivity contribution in [2.75, 3.05) is 38.8 Å². The van der Waals surface area contributed by atoms with E-state index in [0.717, 1.165) is 35.4 Å². The van der Waals surface area contributed by atoms with Gasteiger partial charge in [-0.3, -0.25) is 4.79 Å². The van der Waals surface area contributed by atoms with Crippen LogP contribution in [0.2, 0.25) is 5.02 Å². The smallest absolute Gasteiger partial charge is 0.223 e. The number of anilines is 1. The van der Waals surface area contributed by atoms with Gasteiger partial charge in [0.2, 0.25) is 5.91 Å². The van der Waals surface area contributed by atoms with Gasteiger partial charge in [0.25, 0.3) is 0 Å². The monoisotopic (exact) mass is 605 g/mol. The van der Waals surface area contributed by atoms with Gasteiger partial charge in [-0.05, 0) is 66.6 Å². The first-order chi connectivity index (χ1) is 20.0. The Morgan fingerprint density at radius 2 is 1.81 bits per heavy atom. The number of aryl methyl sites for hydroxylation is 1. The predicted molar refractivity (Wildman–Crippen MR) is 171 cm³/mol. The molecule has 0 heterocycles. The number of hydrogen-bond donors (Lipinski definition) is 4. The van der Waals surface area contributed by atoms with Crippen LogP contribution in [0.5, 0.6) is 5.75 Å². The summed E-state index contributed by atoms with van der Waals surface area (Å²) in [5.41, 5.74) is 9.27. The molecule has 0 radical (unpaired) electrons. The zero-order valence-electron chi connectivity index (χ0n) is 26.2. The van der Waals surface area contributed by atoms with Crippen LogP contribution in [-0.4, -0.2) is 62.7 Å². The molecule has 2 aromatic carbocycles. The molecule has 8 nitrogen and oxygen atoms in total. The summed E-state index contributed by atoms with van der Waals surface area (Å²) in [7, 11) is 1.68. The van der Waals surface area contributed by atoms with Gasteiger partial charge >= 0.3 is 0 Å². The maximum Gasteiger partial charge on any atom is 0.223 e. The number of rotatable bonds is 20. The Morgan fingerprint density at radius 1 is 1.10 bits per heavy atom. The van der Waals surface area contributed by atoms with Crippen LogP contribution in [0.4, 0.5) is 5.69 Å². The fraction of sp³-hybridized carbons (Fsp3) is 0.606. The highest BCUT2D eigenvalue weighted by Crippen LogP contribution is 2.23. The molecule has 0 aliphatic heterocycles. The Morgan fingerprint density at radius 3 is 2.45 bits per heavy atom. The van der Waals surface area contributed by atoms with Crippen molar-refractivity contribution in [2.45, 2.75) is 78.7 Å². The molecule has 42 heavy (non-hydrogen) atoms. The van der Waals surface area contributed by atoms with E-state index in [9.17, 15) is 9.90 Å². The van der Waals surface area contributed by atoms with Crippen molar-refractivity contribution in [3.05, 3.63) is 58.6 Å². The minimum absolute atomic E-state index is 0.0319. The summed E-state index contributed by atoms with van der Waals surface area (Å²) in [5, 5.41) is 18.3. The first-order valence-corrected chi connectivity index (χ1v) is 15.5. The van der Waals surface area contributed by atoms with Crippen molar-refractivity contribution < 1.29 is 24.1 Å². The maximum atomic E-state index is 13.4. The molecular formula is C33H52ClN3O5. The summed E-state index contributed by atoms with van der Waals surface area (Å²) >= 11 is 6.00. The standard InChI is InChI=1S/C33H52ClN3O5/c1-7-23(4)30(19-36-27-13-11-26(34)12-14-27)37-33(39)28(22(2)3)18-31(38)29(35)21-41-20-25-10-9-24(5)32(17-25)42-16-8-15-40-6/h9-14,17,22-23,28-31,36,38H,7-8,15-16,18-21,35H2,1-6H3,(H,37,39)/t23-,28-,29?,30+,31-/m0/s1. The number of carbonyl (C=O) groups is 1. The largest absolute Gasteiger partial charge is 0.493 e. The van der Waals surface area contributed by atoms with Crippen LogP contribution in [0, 0.1) is 24.7 Å². The number of aliphatic hydroxyl groups excluding tert-OH is 1. The quantitative estimate of drug-likeness (QED) is 0.146. The maximum absolute atomic E-state index is 13.4. The van der Waals surface area contributed by atoms with Crippen LogP contribution < -0.4 is 21.1 Å². The fourth-order valence-electron chi connectivity index (χ4n) is 4.58. The van der Waals surface area contributed by atoms with Gasteiger partial charge in [-0.1, -0.05) is 57.8 Å². The van der Waals surface area contributed by atoms with E-state index in [1.807, 2.05) is 63.2 Å². The predicted octanol–water partition coefficient (Wildman–Crippen LogP) is 5.57. The lowest BCUT2D eigenvalue weighted by atomic mass is 9.86. The van der Waals surface area contributed by atoms with Crippen LogP contribution in [-0.2, 0) is 20.9 Å². The summed E-state index contributed by atoms with van der Waals surface area (Å²) < 4.78 is 16.8. The first kappa shape index (κ1) is 35.8. The van der Waals surface area contributed by atoms with Crippen LogP contribution >= 0.6 is 11.6 Å². The Kier molecular flexibility index (Phi) is 16.2. The molecule has 0 spiro atoms.